The van der Waals surface area contributed by atoms with Crippen molar-refractivity contribution in [2.45, 2.75) is 5.75 Å². The Morgan fingerprint density at radius 1 is 1.47 bits per heavy atom. The lowest BCUT2D eigenvalue weighted by atomic mass is 10.1. The zero-order valence-corrected chi connectivity index (χ0v) is 8.76. The SMILES string of the molecule is O=C(O)c1cccc(CSCCO)c1F. The van der Waals surface area contributed by atoms with Crippen LogP contribution >= 0.6 is 11.8 Å². The summed E-state index contributed by atoms with van der Waals surface area (Å²) in [5.74, 6) is -1.07. The van der Waals surface area contributed by atoms with Crippen LogP contribution in [0.4, 0.5) is 4.39 Å². The van der Waals surface area contributed by atoms with Crippen molar-refractivity contribution in [1.82, 2.24) is 0 Å². The molecule has 2 N–H and O–H groups in total. The van der Waals surface area contributed by atoms with E-state index in [0.29, 0.717) is 17.1 Å². The van der Waals surface area contributed by atoms with Gasteiger partial charge in [0.2, 0.25) is 0 Å². The summed E-state index contributed by atoms with van der Waals surface area (Å²) in [7, 11) is 0. The minimum Gasteiger partial charge on any atom is -0.478 e. The van der Waals surface area contributed by atoms with Gasteiger partial charge >= 0.3 is 5.97 Å². The van der Waals surface area contributed by atoms with Crippen LogP contribution in [0.2, 0.25) is 0 Å². The molecule has 0 saturated carbocycles. The van der Waals surface area contributed by atoms with E-state index in [0.717, 1.165) is 0 Å². The maximum Gasteiger partial charge on any atom is 0.338 e. The number of aliphatic hydroxyl groups excluding tert-OH is 1. The number of halogens is 1. The first-order valence-corrected chi connectivity index (χ1v) is 5.51. The minimum atomic E-state index is -1.26. The lowest BCUT2D eigenvalue weighted by Crippen LogP contribution is -2.03. The second-order valence-electron chi connectivity index (χ2n) is 2.86. The van der Waals surface area contributed by atoms with Gasteiger partial charge in [-0.3, -0.25) is 0 Å². The minimum absolute atomic E-state index is 0.0326. The molecule has 1 rings (SSSR count). The largest absolute Gasteiger partial charge is 0.478 e. The van der Waals surface area contributed by atoms with Gasteiger partial charge in [0.15, 0.2) is 0 Å². The van der Waals surface area contributed by atoms with E-state index < -0.39 is 11.8 Å². The van der Waals surface area contributed by atoms with E-state index >= 15 is 0 Å². The molecule has 0 bridgehead atoms. The molecule has 0 fully saturated rings. The average molecular weight is 230 g/mol. The molecule has 0 spiro atoms. The Morgan fingerprint density at radius 3 is 2.80 bits per heavy atom. The Balaban J connectivity index is 2.80. The fourth-order valence-electron chi connectivity index (χ4n) is 1.10. The number of carbonyl (C=O) groups is 1. The molecule has 0 heterocycles. The number of benzene rings is 1. The Labute approximate surface area is 90.9 Å². The Hall–Kier alpha value is -1.07. The predicted octanol–water partition coefficient (Wildman–Crippen LogP) is 1.75. The average Bonchev–Trinajstić information content (AvgIpc) is 2.20. The summed E-state index contributed by atoms with van der Waals surface area (Å²) < 4.78 is 13.5. The number of rotatable bonds is 5. The molecule has 0 aromatic heterocycles. The highest BCUT2D eigenvalue weighted by molar-refractivity contribution is 7.98. The number of hydrogen-bond acceptors (Lipinski definition) is 3. The molecule has 3 nitrogen and oxygen atoms in total. The first-order chi connectivity index (χ1) is 7.16. The highest BCUT2D eigenvalue weighted by Gasteiger charge is 2.13. The molecule has 15 heavy (non-hydrogen) atoms. The van der Waals surface area contributed by atoms with Crippen LogP contribution in [0.15, 0.2) is 18.2 Å². The summed E-state index contributed by atoms with van der Waals surface area (Å²) >= 11 is 1.36. The second kappa shape index (κ2) is 5.72. The van der Waals surface area contributed by atoms with Gasteiger partial charge in [-0.15, -0.1) is 0 Å². The molecule has 0 aliphatic heterocycles. The maximum atomic E-state index is 13.5. The standard InChI is InChI=1S/C10H11FO3S/c11-9-7(6-15-5-4-12)2-1-3-8(9)10(13)14/h1-3,12H,4-6H2,(H,13,14). The first-order valence-electron chi connectivity index (χ1n) is 4.36. The number of aromatic carboxylic acids is 1. The molecule has 0 aliphatic rings. The van der Waals surface area contributed by atoms with E-state index in [1.807, 2.05) is 0 Å². The van der Waals surface area contributed by atoms with Gasteiger partial charge in [-0.05, 0) is 11.6 Å². The normalized spacial score (nSPS) is 10.3. The van der Waals surface area contributed by atoms with E-state index in [-0.39, 0.29) is 12.2 Å². The van der Waals surface area contributed by atoms with Crippen LogP contribution in [-0.2, 0) is 5.75 Å². The van der Waals surface area contributed by atoms with Crippen LogP contribution in [0, 0.1) is 5.82 Å². The second-order valence-corrected chi connectivity index (χ2v) is 3.97. The highest BCUT2D eigenvalue weighted by atomic mass is 32.2. The van der Waals surface area contributed by atoms with Gasteiger partial charge in [-0.2, -0.15) is 11.8 Å². The van der Waals surface area contributed by atoms with Crippen LogP contribution in [0.3, 0.4) is 0 Å². The molecule has 1 aromatic rings. The van der Waals surface area contributed by atoms with Crippen LogP contribution in [-0.4, -0.2) is 28.5 Å². The molecule has 0 aliphatic carbocycles. The zero-order chi connectivity index (χ0) is 11.3. The van der Waals surface area contributed by atoms with Gasteiger partial charge < -0.3 is 10.2 Å². The molecule has 5 heteroatoms. The fraction of sp³-hybridized carbons (Fsp3) is 0.300. The third kappa shape index (κ3) is 3.21. The van der Waals surface area contributed by atoms with Crippen LogP contribution in [0.1, 0.15) is 15.9 Å². The van der Waals surface area contributed by atoms with E-state index in [1.54, 1.807) is 6.07 Å². The number of carboxylic acid groups (broad SMARTS) is 1. The Morgan fingerprint density at radius 2 is 2.20 bits per heavy atom. The molecule has 82 valence electrons. The van der Waals surface area contributed by atoms with Crippen molar-refractivity contribution < 1.29 is 19.4 Å². The first kappa shape index (κ1) is 12.0. The third-order valence-electron chi connectivity index (χ3n) is 1.80. The lowest BCUT2D eigenvalue weighted by Gasteiger charge is -2.04. The van der Waals surface area contributed by atoms with Crippen molar-refractivity contribution >= 4 is 17.7 Å². The van der Waals surface area contributed by atoms with E-state index in [9.17, 15) is 9.18 Å². The molecule has 0 saturated heterocycles. The summed E-state index contributed by atoms with van der Waals surface area (Å²) in [4.78, 5) is 10.6. The molecule has 0 atom stereocenters. The predicted molar refractivity (Wildman–Crippen MR) is 56.6 cm³/mol. The van der Waals surface area contributed by atoms with E-state index in [4.69, 9.17) is 10.2 Å². The monoisotopic (exact) mass is 230 g/mol. The van der Waals surface area contributed by atoms with Gasteiger partial charge in [0, 0.05) is 11.5 Å². The summed E-state index contributed by atoms with van der Waals surface area (Å²) in [5.41, 5.74) is 0.0467. The summed E-state index contributed by atoms with van der Waals surface area (Å²) in [6, 6.07) is 4.30. The van der Waals surface area contributed by atoms with Gasteiger partial charge in [0.25, 0.3) is 0 Å². The summed E-state index contributed by atoms with van der Waals surface area (Å²) in [6.45, 7) is 0.0326. The quantitative estimate of drug-likeness (QED) is 0.757. The topological polar surface area (TPSA) is 57.5 Å². The number of hydrogen-bond donors (Lipinski definition) is 2. The van der Waals surface area contributed by atoms with Gasteiger partial charge in [0.05, 0.1) is 12.2 Å². The molecule has 1 aromatic carbocycles. The van der Waals surface area contributed by atoms with Gasteiger partial charge in [0.1, 0.15) is 5.82 Å². The Bertz CT molecular complexity index is 355. The van der Waals surface area contributed by atoms with E-state index in [2.05, 4.69) is 0 Å². The maximum absolute atomic E-state index is 13.5. The molecular formula is C10H11FO3S. The molecule has 0 radical (unpaired) electrons. The molecule has 0 unspecified atom stereocenters. The van der Waals surface area contributed by atoms with Gasteiger partial charge in [-0.25, -0.2) is 9.18 Å². The van der Waals surface area contributed by atoms with Crippen LogP contribution in [0.5, 0.6) is 0 Å². The van der Waals surface area contributed by atoms with Crippen molar-refractivity contribution in [3.63, 3.8) is 0 Å². The van der Waals surface area contributed by atoms with Gasteiger partial charge in [-0.1, -0.05) is 12.1 Å². The van der Waals surface area contributed by atoms with Crippen molar-refractivity contribution in [2.75, 3.05) is 12.4 Å². The summed E-state index contributed by atoms with van der Waals surface area (Å²) in [5, 5.41) is 17.2. The lowest BCUT2D eigenvalue weighted by molar-refractivity contribution is 0.0691. The van der Waals surface area contributed by atoms with Crippen molar-refractivity contribution in [3.8, 4) is 0 Å². The van der Waals surface area contributed by atoms with Crippen LogP contribution < -0.4 is 0 Å². The number of thioether (sulfide) groups is 1. The fourth-order valence-corrected chi connectivity index (χ4v) is 1.82. The molecule has 0 amide bonds. The van der Waals surface area contributed by atoms with Crippen molar-refractivity contribution in [1.29, 1.82) is 0 Å². The van der Waals surface area contributed by atoms with Crippen molar-refractivity contribution in [3.05, 3.63) is 35.1 Å². The van der Waals surface area contributed by atoms with Crippen LogP contribution in [0.25, 0.3) is 0 Å². The number of aliphatic hydroxyl groups is 1. The third-order valence-corrected chi connectivity index (χ3v) is 2.79. The summed E-state index contributed by atoms with van der Waals surface area (Å²) in [6.07, 6.45) is 0. The smallest absolute Gasteiger partial charge is 0.338 e. The zero-order valence-electron chi connectivity index (χ0n) is 7.94. The van der Waals surface area contributed by atoms with Crippen molar-refractivity contribution in [2.24, 2.45) is 0 Å². The number of carboxylic acids is 1. The Kier molecular flexibility index (Phi) is 4.58. The highest BCUT2D eigenvalue weighted by Crippen LogP contribution is 2.18. The molecular weight excluding hydrogens is 219 g/mol. The van der Waals surface area contributed by atoms with E-state index in [1.165, 1.54) is 23.9 Å².